The summed E-state index contributed by atoms with van der Waals surface area (Å²) in [4.78, 5) is 2.46. The molecule has 1 unspecified atom stereocenters. The van der Waals surface area contributed by atoms with E-state index in [1.54, 1.807) is 6.07 Å². The maximum atomic E-state index is 13.8. The minimum absolute atomic E-state index is 0.0706. The molecule has 0 aliphatic carbocycles. The van der Waals surface area contributed by atoms with Crippen LogP contribution in [0.25, 0.3) is 0 Å². The van der Waals surface area contributed by atoms with Gasteiger partial charge in [-0.3, -0.25) is 4.90 Å². The van der Waals surface area contributed by atoms with Crippen LogP contribution in [0, 0.1) is 12.7 Å². The molecular weight excluding hydrogens is 237 g/mol. The first-order chi connectivity index (χ1) is 8.82. The largest absolute Gasteiger partial charge is 0.299 e. The van der Waals surface area contributed by atoms with Gasteiger partial charge in [0.2, 0.25) is 0 Å². The lowest BCUT2D eigenvalue weighted by Gasteiger charge is -2.31. The molecule has 0 aliphatic heterocycles. The monoisotopic (exact) mass is 265 g/mol. The van der Waals surface area contributed by atoms with Crippen molar-refractivity contribution in [2.24, 2.45) is 0 Å². The summed E-state index contributed by atoms with van der Waals surface area (Å²) in [7, 11) is 0. The van der Waals surface area contributed by atoms with E-state index in [9.17, 15) is 4.39 Å². The Bertz CT molecular complexity index is 390. The first-order valence-corrected chi connectivity index (χ1v) is 7.34. The molecule has 1 rings (SSSR count). The van der Waals surface area contributed by atoms with Crippen molar-refractivity contribution in [1.82, 2.24) is 4.90 Å². The molecule has 0 bridgehead atoms. The van der Waals surface area contributed by atoms with Crippen molar-refractivity contribution in [2.45, 2.75) is 66.0 Å². The van der Waals surface area contributed by atoms with Gasteiger partial charge < -0.3 is 0 Å². The highest BCUT2D eigenvalue weighted by Gasteiger charge is 2.16. The van der Waals surface area contributed by atoms with Crippen LogP contribution in [0.15, 0.2) is 18.2 Å². The molecule has 0 spiro atoms. The third-order valence-corrected chi connectivity index (χ3v) is 3.83. The molecule has 1 atom stereocenters. The molecule has 1 aromatic carbocycles. The smallest absolute Gasteiger partial charge is 0.126 e. The van der Waals surface area contributed by atoms with Crippen molar-refractivity contribution in [3.05, 3.63) is 35.1 Å². The van der Waals surface area contributed by atoms with Gasteiger partial charge in [-0.2, -0.15) is 0 Å². The normalized spacial score (nSPS) is 13.6. The van der Waals surface area contributed by atoms with E-state index in [1.165, 1.54) is 0 Å². The number of hydrogen-bond acceptors (Lipinski definition) is 1. The maximum Gasteiger partial charge on any atom is 0.126 e. The third-order valence-electron chi connectivity index (χ3n) is 3.83. The van der Waals surface area contributed by atoms with Crippen LogP contribution in [-0.2, 0) is 0 Å². The molecule has 0 aromatic heterocycles. The summed E-state index contributed by atoms with van der Waals surface area (Å²) >= 11 is 0. The van der Waals surface area contributed by atoms with Gasteiger partial charge in [0.15, 0.2) is 0 Å². The van der Waals surface area contributed by atoms with Crippen molar-refractivity contribution in [1.29, 1.82) is 0 Å². The lowest BCUT2D eigenvalue weighted by molar-refractivity contribution is 0.169. The van der Waals surface area contributed by atoms with Crippen LogP contribution in [0.5, 0.6) is 0 Å². The third kappa shape index (κ3) is 4.61. The molecule has 0 N–H and O–H groups in total. The summed E-state index contributed by atoms with van der Waals surface area (Å²) in [5.41, 5.74) is 1.99. The fourth-order valence-corrected chi connectivity index (χ4v) is 2.65. The molecule has 0 radical (unpaired) electrons. The van der Waals surface area contributed by atoms with Gasteiger partial charge in [-0.05, 0) is 65.1 Å². The zero-order valence-electron chi connectivity index (χ0n) is 13.2. The van der Waals surface area contributed by atoms with E-state index in [-0.39, 0.29) is 11.7 Å². The van der Waals surface area contributed by atoms with E-state index in [2.05, 4.69) is 39.5 Å². The summed E-state index contributed by atoms with van der Waals surface area (Å²) < 4.78 is 13.8. The van der Waals surface area contributed by atoms with Crippen molar-refractivity contribution in [3.63, 3.8) is 0 Å². The first kappa shape index (κ1) is 16.2. The van der Waals surface area contributed by atoms with E-state index in [4.69, 9.17) is 0 Å². The standard InChI is InChI=1S/C17H28FN/c1-12(2)19(13(3)4)10-9-15(6)16-11-14(5)7-8-17(16)18/h7-8,11-13,15H,9-10H2,1-6H3. The van der Waals surface area contributed by atoms with Gasteiger partial charge in [0.25, 0.3) is 0 Å². The Balaban J connectivity index is 2.69. The molecule has 1 nitrogen and oxygen atoms in total. The molecular formula is C17H28FN. The van der Waals surface area contributed by atoms with Gasteiger partial charge in [-0.25, -0.2) is 4.39 Å². The molecule has 0 fully saturated rings. The van der Waals surface area contributed by atoms with Gasteiger partial charge in [0.05, 0.1) is 0 Å². The molecule has 0 amide bonds. The van der Waals surface area contributed by atoms with Crippen molar-refractivity contribution in [3.8, 4) is 0 Å². The Morgan fingerprint density at radius 3 is 2.16 bits per heavy atom. The van der Waals surface area contributed by atoms with E-state index in [1.807, 2.05) is 19.1 Å². The van der Waals surface area contributed by atoms with E-state index in [0.717, 1.165) is 24.1 Å². The zero-order valence-corrected chi connectivity index (χ0v) is 13.2. The summed E-state index contributed by atoms with van der Waals surface area (Å²) in [5, 5.41) is 0. The second-order valence-electron chi connectivity index (χ2n) is 6.14. The van der Waals surface area contributed by atoms with E-state index < -0.39 is 0 Å². The molecule has 0 saturated carbocycles. The van der Waals surface area contributed by atoms with Crippen molar-refractivity contribution < 1.29 is 4.39 Å². The van der Waals surface area contributed by atoms with Crippen LogP contribution in [-0.4, -0.2) is 23.5 Å². The summed E-state index contributed by atoms with van der Waals surface area (Å²) in [6.45, 7) is 14.0. The Kier molecular flexibility index (Phi) is 5.99. The van der Waals surface area contributed by atoms with Crippen LogP contribution in [0.2, 0.25) is 0 Å². The zero-order chi connectivity index (χ0) is 14.6. The number of halogens is 1. The lowest BCUT2D eigenvalue weighted by atomic mass is 9.95. The molecule has 108 valence electrons. The quantitative estimate of drug-likeness (QED) is 0.717. The first-order valence-electron chi connectivity index (χ1n) is 7.34. The lowest BCUT2D eigenvalue weighted by Crippen LogP contribution is -2.38. The van der Waals surface area contributed by atoms with Crippen LogP contribution < -0.4 is 0 Å². The number of nitrogens with zero attached hydrogens (tertiary/aromatic N) is 1. The fourth-order valence-electron chi connectivity index (χ4n) is 2.65. The molecule has 2 heteroatoms. The van der Waals surface area contributed by atoms with Crippen molar-refractivity contribution in [2.75, 3.05) is 6.54 Å². The maximum absolute atomic E-state index is 13.8. The second-order valence-corrected chi connectivity index (χ2v) is 6.14. The van der Waals surface area contributed by atoms with Crippen LogP contribution in [0.4, 0.5) is 4.39 Å². The highest BCUT2D eigenvalue weighted by atomic mass is 19.1. The Hall–Kier alpha value is -0.890. The second kappa shape index (κ2) is 7.04. The highest BCUT2D eigenvalue weighted by molar-refractivity contribution is 5.26. The average Bonchev–Trinajstić information content (AvgIpc) is 2.31. The summed E-state index contributed by atoms with van der Waals surface area (Å²) in [6, 6.07) is 6.48. The molecule has 1 aromatic rings. The number of rotatable bonds is 6. The number of benzene rings is 1. The van der Waals surface area contributed by atoms with E-state index >= 15 is 0 Å². The highest BCUT2D eigenvalue weighted by Crippen LogP contribution is 2.24. The SMILES string of the molecule is Cc1ccc(F)c(C(C)CCN(C(C)C)C(C)C)c1. The van der Waals surface area contributed by atoms with Crippen LogP contribution in [0.1, 0.15) is 58.1 Å². The molecule has 19 heavy (non-hydrogen) atoms. The number of aryl methyl sites for hydroxylation is 1. The minimum atomic E-state index is -0.0706. The Labute approximate surface area is 117 Å². The minimum Gasteiger partial charge on any atom is -0.299 e. The molecule has 0 saturated heterocycles. The summed E-state index contributed by atoms with van der Waals surface area (Å²) in [6.07, 6.45) is 0.997. The van der Waals surface area contributed by atoms with Gasteiger partial charge >= 0.3 is 0 Å². The topological polar surface area (TPSA) is 3.24 Å². The molecule has 0 aliphatic rings. The molecule has 0 heterocycles. The van der Waals surface area contributed by atoms with Gasteiger partial charge in [-0.1, -0.05) is 24.6 Å². The van der Waals surface area contributed by atoms with Crippen LogP contribution in [0.3, 0.4) is 0 Å². The average molecular weight is 265 g/mol. The van der Waals surface area contributed by atoms with Crippen LogP contribution >= 0.6 is 0 Å². The van der Waals surface area contributed by atoms with Gasteiger partial charge in [0.1, 0.15) is 5.82 Å². The van der Waals surface area contributed by atoms with Gasteiger partial charge in [-0.15, -0.1) is 0 Å². The van der Waals surface area contributed by atoms with E-state index in [0.29, 0.717) is 12.1 Å². The Morgan fingerprint density at radius 2 is 1.63 bits per heavy atom. The Morgan fingerprint density at radius 1 is 1.05 bits per heavy atom. The summed E-state index contributed by atoms with van der Waals surface area (Å²) in [5.74, 6) is 0.193. The predicted molar refractivity (Wildman–Crippen MR) is 81.1 cm³/mol. The fraction of sp³-hybridized carbons (Fsp3) is 0.647. The predicted octanol–water partition coefficient (Wildman–Crippen LogP) is 4.75. The number of hydrogen-bond donors (Lipinski definition) is 0. The van der Waals surface area contributed by atoms with Crippen molar-refractivity contribution >= 4 is 0 Å². The van der Waals surface area contributed by atoms with Gasteiger partial charge in [0, 0.05) is 12.1 Å².